The Balaban J connectivity index is 1.59. The molecule has 2 aliphatic rings. The van der Waals surface area contributed by atoms with E-state index in [1.165, 1.54) is 19.2 Å². The molecule has 1 aliphatic heterocycles. The second-order valence-corrected chi connectivity index (χ2v) is 9.06. The van der Waals surface area contributed by atoms with Crippen LogP contribution in [0.2, 0.25) is 0 Å². The van der Waals surface area contributed by atoms with Gasteiger partial charge in [-0.15, -0.1) is 5.10 Å². The lowest BCUT2D eigenvalue weighted by molar-refractivity contribution is -0.133. The van der Waals surface area contributed by atoms with Crippen molar-refractivity contribution < 1.29 is 18.3 Å². The summed E-state index contributed by atoms with van der Waals surface area (Å²) in [5.41, 5.74) is 0.655. The van der Waals surface area contributed by atoms with E-state index in [0.717, 1.165) is 43.3 Å². The van der Waals surface area contributed by atoms with E-state index in [1.54, 1.807) is 17.3 Å². The number of hydrogen-bond acceptors (Lipinski definition) is 10. The molecular weight excluding hydrogens is 446 g/mol. The summed E-state index contributed by atoms with van der Waals surface area (Å²) in [6.07, 6.45) is 7.78. The second kappa shape index (κ2) is 8.19. The molecule has 0 aromatic carbocycles. The average Bonchev–Trinajstić information content (AvgIpc) is 3.18. The summed E-state index contributed by atoms with van der Waals surface area (Å²) in [5, 5.41) is 10.2. The number of fused-ring (bicyclic) bond motifs is 4. The molecule has 1 aliphatic carbocycles. The Morgan fingerprint density at radius 2 is 2.00 bits per heavy atom. The molecule has 1 fully saturated rings. The number of aromatic nitrogens is 4. The molecule has 1 spiro atoms. The highest BCUT2D eigenvalue weighted by molar-refractivity contribution is 7.79. The second-order valence-electron chi connectivity index (χ2n) is 8.17. The Morgan fingerprint density at radius 3 is 2.67 bits per heavy atom. The van der Waals surface area contributed by atoms with Gasteiger partial charge in [-0.1, -0.05) is 19.3 Å². The molecule has 0 radical (unpaired) electrons. The molecule has 1 unspecified atom stereocenters. The number of nitrogens with one attached hydrogen (secondary N) is 1. The van der Waals surface area contributed by atoms with Gasteiger partial charge in [0.2, 0.25) is 11.8 Å². The van der Waals surface area contributed by atoms with Gasteiger partial charge >= 0.3 is 5.97 Å². The minimum Gasteiger partial charge on any atom is -0.767 e. The average molecular weight is 469 g/mol. The monoisotopic (exact) mass is 468 g/mol. The molecule has 0 amide bonds. The number of carbonyl (C=O) groups excluding carboxylic acids is 1. The van der Waals surface area contributed by atoms with Crippen molar-refractivity contribution in [1.82, 2.24) is 19.5 Å². The van der Waals surface area contributed by atoms with Crippen molar-refractivity contribution in [3.63, 3.8) is 0 Å². The summed E-state index contributed by atoms with van der Waals surface area (Å²) in [5.74, 6) is 1.17. The number of rotatable bonds is 3. The molecule has 172 valence electrons. The molecule has 1 saturated carbocycles. The van der Waals surface area contributed by atoms with Crippen LogP contribution in [-0.4, -0.2) is 47.2 Å². The van der Waals surface area contributed by atoms with Crippen LogP contribution in [-0.2, 0) is 26.2 Å². The van der Waals surface area contributed by atoms with E-state index in [4.69, 9.17) is 9.72 Å². The van der Waals surface area contributed by atoms with Crippen molar-refractivity contribution in [3.8, 4) is 0 Å². The molecule has 33 heavy (non-hydrogen) atoms. The molecule has 1 N–H and O–H groups in total. The summed E-state index contributed by atoms with van der Waals surface area (Å²) < 4.78 is 29.8. The van der Waals surface area contributed by atoms with Crippen LogP contribution in [0.4, 0.5) is 17.5 Å². The molecule has 11 nitrogen and oxygen atoms in total. The number of nitrogens with zero attached hydrogens (tertiary/aromatic N) is 6. The van der Waals surface area contributed by atoms with Gasteiger partial charge in [0.05, 0.1) is 11.9 Å². The normalized spacial score (nSPS) is 18.0. The third-order valence-corrected chi connectivity index (χ3v) is 6.59. The fourth-order valence-corrected chi connectivity index (χ4v) is 4.90. The first-order chi connectivity index (χ1) is 15.9. The van der Waals surface area contributed by atoms with Crippen molar-refractivity contribution in [1.29, 1.82) is 0 Å². The highest BCUT2D eigenvalue weighted by Crippen LogP contribution is 2.45. The van der Waals surface area contributed by atoms with Crippen LogP contribution < -0.4 is 10.3 Å². The van der Waals surface area contributed by atoms with Gasteiger partial charge in [0.15, 0.2) is 0 Å². The summed E-state index contributed by atoms with van der Waals surface area (Å²) >= 11 is -2.39. The predicted octanol–water partition coefficient (Wildman–Crippen LogP) is 2.79. The van der Waals surface area contributed by atoms with Gasteiger partial charge in [-0.25, -0.2) is 15.0 Å². The van der Waals surface area contributed by atoms with E-state index in [2.05, 4.69) is 25.0 Å². The largest absolute Gasteiger partial charge is 0.767 e. The fraction of sp³-hybridized carbons (Fsp3) is 0.381. The summed E-state index contributed by atoms with van der Waals surface area (Å²) in [6.45, 7) is 1.38. The van der Waals surface area contributed by atoms with Crippen LogP contribution in [0.1, 0.15) is 39.0 Å². The van der Waals surface area contributed by atoms with E-state index >= 15 is 0 Å². The van der Waals surface area contributed by atoms with Crippen molar-refractivity contribution >= 4 is 51.4 Å². The maximum atomic E-state index is 11.9. The van der Waals surface area contributed by atoms with Gasteiger partial charge in [-0.2, -0.15) is 4.98 Å². The number of carbonyl (C=O) groups is 1. The number of ether oxygens (including phenoxy) is 1. The smallest absolute Gasteiger partial charge is 0.309 e. The van der Waals surface area contributed by atoms with E-state index in [1.807, 2.05) is 13.1 Å². The number of hydrogen-bond donors (Lipinski definition) is 1. The van der Waals surface area contributed by atoms with Crippen molar-refractivity contribution in [2.45, 2.75) is 49.6 Å². The Labute approximate surface area is 192 Å². The maximum absolute atomic E-state index is 11.9. The minimum absolute atomic E-state index is 0.0443. The highest BCUT2D eigenvalue weighted by atomic mass is 32.2. The van der Waals surface area contributed by atoms with E-state index in [9.17, 15) is 13.6 Å². The first-order valence-corrected chi connectivity index (χ1v) is 11.7. The molecule has 0 saturated heterocycles. The zero-order valence-corrected chi connectivity index (χ0v) is 19.0. The number of hydrazone groups is 1. The minimum atomic E-state index is -2.39. The third-order valence-electron chi connectivity index (χ3n) is 6.00. The molecule has 0 bridgehead atoms. The van der Waals surface area contributed by atoms with E-state index < -0.39 is 22.6 Å². The Bertz CT molecular complexity index is 1280. The quantitative estimate of drug-likeness (QED) is 0.454. The van der Waals surface area contributed by atoms with Crippen molar-refractivity contribution in [2.24, 2.45) is 5.10 Å². The summed E-state index contributed by atoms with van der Waals surface area (Å²) in [6, 6.07) is 4.97. The van der Waals surface area contributed by atoms with E-state index in [0.29, 0.717) is 23.2 Å². The zero-order valence-electron chi connectivity index (χ0n) is 18.1. The molecule has 5 rings (SSSR count). The highest BCUT2D eigenvalue weighted by Gasteiger charge is 2.47. The van der Waals surface area contributed by atoms with Gasteiger partial charge in [0.1, 0.15) is 22.0 Å². The Morgan fingerprint density at radius 1 is 1.21 bits per heavy atom. The lowest BCUT2D eigenvalue weighted by atomic mass is 9.80. The summed E-state index contributed by atoms with van der Waals surface area (Å²) in [7, 11) is 1.81. The fourth-order valence-electron chi connectivity index (χ4n) is 4.58. The van der Waals surface area contributed by atoms with Gasteiger partial charge < -0.3 is 14.6 Å². The van der Waals surface area contributed by atoms with Crippen molar-refractivity contribution in [2.75, 3.05) is 17.4 Å². The Hall–Kier alpha value is -3.38. The van der Waals surface area contributed by atoms with Crippen molar-refractivity contribution in [3.05, 3.63) is 30.6 Å². The van der Waals surface area contributed by atoms with Crippen LogP contribution in [0.15, 0.2) is 40.7 Å². The third kappa shape index (κ3) is 3.74. The van der Waals surface area contributed by atoms with Gasteiger partial charge in [-0.05, 0) is 42.1 Å². The van der Waals surface area contributed by atoms with Gasteiger partial charge in [0.25, 0.3) is 0 Å². The van der Waals surface area contributed by atoms with Gasteiger partial charge in [-0.3, -0.25) is 13.6 Å². The van der Waals surface area contributed by atoms with Crippen LogP contribution in [0.3, 0.4) is 0 Å². The first kappa shape index (κ1) is 21.5. The zero-order chi connectivity index (χ0) is 23.2. The number of pyridine rings is 1. The lowest BCUT2D eigenvalue weighted by Crippen LogP contribution is -2.50. The van der Waals surface area contributed by atoms with Crippen LogP contribution in [0.25, 0.3) is 11.0 Å². The SMILES string of the molecule is CC(=O)OC1=NN(C)c2cc3cnc(Nc4ccc(S(=O)[O-])nc4)nc3n2C12CCCCC2. The molecular formula is C21H22N7O4S-. The number of anilines is 3. The summed E-state index contributed by atoms with van der Waals surface area (Å²) in [4.78, 5) is 24.9. The number of esters is 1. The molecule has 12 heteroatoms. The van der Waals surface area contributed by atoms with Gasteiger partial charge in [0, 0.05) is 25.6 Å². The molecule has 4 heterocycles. The molecule has 3 aromatic heterocycles. The van der Waals surface area contributed by atoms with Crippen LogP contribution >= 0.6 is 0 Å². The first-order valence-electron chi connectivity index (χ1n) is 10.6. The van der Waals surface area contributed by atoms with Crippen LogP contribution in [0.5, 0.6) is 0 Å². The molecule has 1 atom stereocenters. The lowest BCUT2D eigenvalue weighted by Gasteiger charge is -2.43. The topological polar surface area (TPSA) is 138 Å². The Kier molecular flexibility index (Phi) is 5.33. The van der Waals surface area contributed by atoms with E-state index in [-0.39, 0.29) is 5.03 Å². The predicted molar refractivity (Wildman–Crippen MR) is 121 cm³/mol. The maximum Gasteiger partial charge on any atom is 0.309 e. The van der Waals surface area contributed by atoms with Crippen LogP contribution in [0, 0.1) is 0 Å². The standard InChI is InChI=1S/C21H23N7O4S/c1-13(29)32-19-21(8-4-3-5-9-21)28-17(27(2)26-19)10-14-11-23-20(25-18(14)28)24-15-6-7-16(22-12-15)33(30)31/h6-7,10-12H,3-5,8-9H2,1-2H3,(H,30,31)(H,23,24,25)/p-1. The molecule has 3 aromatic rings.